The molecule has 2 fully saturated rings. The number of nitrogens with zero attached hydrogens (tertiary/aromatic N) is 2. The van der Waals surface area contributed by atoms with Crippen molar-refractivity contribution in [2.45, 2.75) is 82.9 Å². The number of ether oxygens (including phenoxy) is 3. The maximum Gasteiger partial charge on any atom is 0.416 e. The van der Waals surface area contributed by atoms with Gasteiger partial charge in [0.05, 0.1) is 41.4 Å². The molecule has 0 saturated carbocycles. The SMILES string of the molecule is COc1ncc(-c2ccc(C(=O)OC(C)(C)C)cc2C)cc1-c1ccc(C(F)(F)F)cc1C1CC[C@H]2C(c3cc(C(F)(F)F)cc(C(F)(F)F)c3)OC(=O)N12. The summed E-state index contributed by atoms with van der Waals surface area (Å²) >= 11 is 0. The van der Waals surface area contributed by atoms with Crippen LogP contribution >= 0.6 is 0 Å². The number of halogens is 9. The van der Waals surface area contributed by atoms with Crippen molar-refractivity contribution in [1.82, 2.24) is 9.88 Å². The Hall–Kier alpha value is -5.28. The van der Waals surface area contributed by atoms with E-state index in [1.165, 1.54) is 19.4 Å². The van der Waals surface area contributed by atoms with Gasteiger partial charge in [0.2, 0.25) is 5.88 Å². The number of alkyl halides is 9. The third-order valence-corrected chi connectivity index (χ3v) is 9.40. The Morgan fingerprint density at radius 3 is 1.96 bits per heavy atom. The van der Waals surface area contributed by atoms with Crippen LogP contribution < -0.4 is 4.74 Å². The second kappa shape index (κ2) is 13.8. The van der Waals surface area contributed by atoms with Crippen LogP contribution in [-0.4, -0.2) is 40.7 Å². The molecule has 16 heteroatoms. The fourth-order valence-electron chi connectivity index (χ4n) is 7.05. The van der Waals surface area contributed by atoms with E-state index in [1.807, 2.05) is 0 Å². The van der Waals surface area contributed by atoms with E-state index in [1.54, 1.807) is 52.0 Å². The molecule has 6 rings (SSSR count). The van der Waals surface area contributed by atoms with Crippen LogP contribution in [0.1, 0.15) is 89.5 Å². The van der Waals surface area contributed by atoms with Gasteiger partial charge in [0.1, 0.15) is 11.7 Å². The standard InChI is InChI=1S/C39H33F9N2O5/c1-19-12-20(34(51)55-36(2,3)4)6-8-26(19)22-15-29(33(53-5)49-18-22)27-9-7-23(37(40,41)42)17-28(27)30-10-11-31-32(54-35(52)50(30)31)21-13-24(38(43,44)45)16-25(14-21)39(46,47)48/h6-9,12-18,30-32H,10-11H2,1-5H3/t30?,31-,32?/m0/s1. The number of hydrogen-bond donors (Lipinski definition) is 0. The molecule has 292 valence electrons. The van der Waals surface area contributed by atoms with Crippen LogP contribution in [0.4, 0.5) is 44.3 Å². The van der Waals surface area contributed by atoms with E-state index < -0.39 is 76.6 Å². The quantitative estimate of drug-likeness (QED) is 0.143. The van der Waals surface area contributed by atoms with Crippen molar-refractivity contribution in [3.05, 3.63) is 106 Å². The molecule has 2 aliphatic heterocycles. The average Bonchev–Trinajstić information content (AvgIpc) is 3.66. The summed E-state index contributed by atoms with van der Waals surface area (Å²) in [5.74, 6) is -0.538. The fraction of sp³-hybridized carbons (Fsp3) is 0.359. The largest absolute Gasteiger partial charge is 0.481 e. The van der Waals surface area contributed by atoms with Gasteiger partial charge in [-0.2, -0.15) is 39.5 Å². The number of carbonyl (C=O) groups excluding carboxylic acids is 2. The van der Waals surface area contributed by atoms with Crippen molar-refractivity contribution in [3.63, 3.8) is 0 Å². The molecule has 0 bridgehead atoms. The first-order chi connectivity index (χ1) is 25.5. The first kappa shape index (κ1) is 39.4. The van der Waals surface area contributed by atoms with Gasteiger partial charge in [-0.25, -0.2) is 14.6 Å². The van der Waals surface area contributed by atoms with Crippen LogP contribution in [0.25, 0.3) is 22.3 Å². The second-order valence-electron chi connectivity index (χ2n) is 14.3. The molecule has 3 atom stereocenters. The van der Waals surface area contributed by atoms with Crippen molar-refractivity contribution >= 4 is 12.1 Å². The number of pyridine rings is 1. The van der Waals surface area contributed by atoms with Gasteiger partial charge in [-0.15, -0.1) is 0 Å². The van der Waals surface area contributed by atoms with Gasteiger partial charge in [0.15, 0.2) is 0 Å². The molecular weight excluding hydrogens is 747 g/mol. The summed E-state index contributed by atoms with van der Waals surface area (Å²) in [5.41, 5.74) is -3.16. The maximum atomic E-state index is 14.2. The number of methoxy groups -OCH3 is 1. The summed E-state index contributed by atoms with van der Waals surface area (Å²) in [6.45, 7) is 6.93. The highest BCUT2D eigenvalue weighted by Crippen LogP contribution is 2.51. The molecule has 0 N–H and O–H groups in total. The zero-order valence-electron chi connectivity index (χ0n) is 29.8. The van der Waals surface area contributed by atoms with Crippen molar-refractivity contribution in [3.8, 4) is 28.1 Å². The number of cyclic esters (lactones) is 1. The third-order valence-electron chi connectivity index (χ3n) is 9.40. The first-order valence-corrected chi connectivity index (χ1v) is 16.8. The third kappa shape index (κ3) is 7.94. The highest BCUT2D eigenvalue weighted by Gasteiger charge is 2.52. The molecule has 0 radical (unpaired) electrons. The normalized spacial score (nSPS) is 19.0. The Morgan fingerprint density at radius 1 is 0.782 bits per heavy atom. The number of fused-ring (bicyclic) bond motifs is 1. The summed E-state index contributed by atoms with van der Waals surface area (Å²) in [4.78, 5) is 31.6. The summed E-state index contributed by atoms with van der Waals surface area (Å²) < 4.78 is 141. The predicted molar refractivity (Wildman–Crippen MR) is 180 cm³/mol. The zero-order valence-corrected chi connectivity index (χ0v) is 29.8. The fourth-order valence-corrected chi connectivity index (χ4v) is 7.05. The second-order valence-corrected chi connectivity index (χ2v) is 14.3. The molecule has 7 nitrogen and oxygen atoms in total. The molecule has 1 amide bonds. The minimum Gasteiger partial charge on any atom is -0.481 e. The van der Waals surface area contributed by atoms with Gasteiger partial charge in [-0.1, -0.05) is 12.1 Å². The maximum absolute atomic E-state index is 14.2. The van der Waals surface area contributed by atoms with Gasteiger partial charge in [-0.3, -0.25) is 4.90 Å². The van der Waals surface area contributed by atoms with Crippen LogP contribution in [0.15, 0.2) is 66.9 Å². The highest BCUT2D eigenvalue weighted by atomic mass is 19.4. The van der Waals surface area contributed by atoms with Crippen LogP contribution in [-0.2, 0) is 28.0 Å². The Kier molecular flexibility index (Phi) is 9.88. The Labute approximate surface area is 309 Å². The molecule has 55 heavy (non-hydrogen) atoms. The molecule has 2 saturated heterocycles. The lowest BCUT2D eigenvalue weighted by Gasteiger charge is -2.26. The van der Waals surface area contributed by atoms with Crippen LogP contribution in [0.2, 0.25) is 0 Å². The molecule has 2 aliphatic rings. The van der Waals surface area contributed by atoms with Crippen molar-refractivity contribution in [2.75, 3.05) is 7.11 Å². The molecular formula is C39H33F9N2O5. The Balaban J connectivity index is 1.43. The van der Waals surface area contributed by atoms with Gasteiger partial charge in [0.25, 0.3) is 0 Å². The molecule has 0 spiro atoms. The van der Waals surface area contributed by atoms with Crippen LogP contribution in [0.3, 0.4) is 0 Å². The lowest BCUT2D eigenvalue weighted by Crippen LogP contribution is -2.31. The summed E-state index contributed by atoms with van der Waals surface area (Å²) in [7, 11) is 1.30. The monoisotopic (exact) mass is 780 g/mol. The lowest BCUT2D eigenvalue weighted by molar-refractivity contribution is -0.143. The summed E-state index contributed by atoms with van der Waals surface area (Å²) in [5, 5.41) is 0. The van der Waals surface area contributed by atoms with E-state index in [0.717, 1.165) is 17.0 Å². The van der Waals surface area contributed by atoms with Gasteiger partial charge in [0, 0.05) is 17.3 Å². The number of benzene rings is 3. The average molecular weight is 781 g/mol. The van der Waals surface area contributed by atoms with E-state index in [2.05, 4.69) is 4.98 Å². The van der Waals surface area contributed by atoms with Gasteiger partial charge < -0.3 is 14.2 Å². The molecule has 4 aromatic rings. The first-order valence-electron chi connectivity index (χ1n) is 16.8. The van der Waals surface area contributed by atoms with E-state index in [-0.39, 0.29) is 47.0 Å². The molecule has 2 unspecified atom stereocenters. The lowest BCUT2D eigenvalue weighted by atomic mass is 9.90. The minimum atomic E-state index is -5.16. The van der Waals surface area contributed by atoms with Crippen molar-refractivity contribution in [2.24, 2.45) is 0 Å². The summed E-state index contributed by atoms with van der Waals surface area (Å²) in [6.07, 6.45) is -16.4. The van der Waals surface area contributed by atoms with E-state index in [9.17, 15) is 49.1 Å². The van der Waals surface area contributed by atoms with E-state index in [0.29, 0.717) is 28.8 Å². The number of amides is 1. The number of carbonyl (C=O) groups is 2. The van der Waals surface area contributed by atoms with Gasteiger partial charge in [-0.05, 0) is 117 Å². The van der Waals surface area contributed by atoms with E-state index in [4.69, 9.17) is 14.2 Å². The topological polar surface area (TPSA) is 78.0 Å². The zero-order chi connectivity index (χ0) is 40.4. The van der Waals surface area contributed by atoms with Crippen molar-refractivity contribution < 1.29 is 63.3 Å². The van der Waals surface area contributed by atoms with Crippen molar-refractivity contribution in [1.29, 1.82) is 0 Å². The number of aryl methyl sites for hydroxylation is 1. The predicted octanol–water partition coefficient (Wildman–Crippen LogP) is 11.1. The molecule has 0 aliphatic carbocycles. The summed E-state index contributed by atoms with van der Waals surface area (Å²) in [6, 6.07) is 7.98. The number of aromatic nitrogens is 1. The van der Waals surface area contributed by atoms with Crippen LogP contribution in [0.5, 0.6) is 5.88 Å². The number of hydrogen-bond acceptors (Lipinski definition) is 6. The molecule has 3 aromatic carbocycles. The van der Waals surface area contributed by atoms with Gasteiger partial charge >= 0.3 is 30.6 Å². The Bertz CT molecular complexity index is 2120. The van der Waals surface area contributed by atoms with E-state index >= 15 is 0 Å². The molecule has 3 heterocycles. The minimum absolute atomic E-state index is 0.00363. The molecule has 1 aromatic heterocycles. The number of rotatable bonds is 6. The highest BCUT2D eigenvalue weighted by molar-refractivity contribution is 5.91. The smallest absolute Gasteiger partial charge is 0.416 e. The number of esters is 1. The van der Waals surface area contributed by atoms with Crippen LogP contribution in [0, 0.1) is 6.92 Å². The Morgan fingerprint density at radius 2 is 1.40 bits per heavy atom.